The molecule has 0 saturated carbocycles. The van der Waals surface area contributed by atoms with Crippen molar-refractivity contribution in [3.63, 3.8) is 0 Å². The maximum atomic E-state index is 13.3. The molecule has 0 spiro atoms. The molecule has 96 valence electrons. The van der Waals surface area contributed by atoms with Gasteiger partial charge < -0.3 is 9.67 Å². The van der Waals surface area contributed by atoms with Crippen LogP contribution < -0.4 is 0 Å². The van der Waals surface area contributed by atoms with Crippen molar-refractivity contribution in [3.05, 3.63) is 47.2 Å². The Bertz CT molecular complexity index is 782. The topological polar surface area (TPSA) is 38.0 Å². The van der Waals surface area contributed by atoms with Crippen LogP contribution in [0.5, 0.6) is 5.75 Å². The van der Waals surface area contributed by atoms with Gasteiger partial charge in [-0.15, -0.1) is 0 Å². The Labute approximate surface area is 113 Å². The number of fused-ring (bicyclic) bond motifs is 1. The minimum absolute atomic E-state index is 0.0177. The van der Waals surface area contributed by atoms with Crippen molar-refractivity contribution in [2.24, 2.45) is 7.05 Å². The van der Waals surface area contributed by atoms with Crippen LogP contribution in [0.2, 0.25) is 5.02 Å². The van der Waals surface area contributed by atoms with Crippen LogP contribution in [-0.2, 0) is 7.05 Å². The highest BCUT2D eigenvalue weighted by Gasteiger charge is 2.15. The first-order chi connectivity index (χ1) is 9.08. The van der Waals surface area contributed by atoms with Crippen molar-refractivity contribution in [1.29, 1.82) is 0 Å². The SMILES string of the molecule is Cn1c(-c2cc(F)ccc2O)nc2cccc(Cl)c21. The molecule has 0 aliphatic carbocycles. The zero-order chi connectivity index (χ0) is 13.6. The molecule has 2 aromatic carbocycles. The third-order valence-corrected chi connectivity index (χ3v) is 3.35. The maximum absolute atomic E-state index is 13.3. The summed E-state index contributed by atoms with van der Waals surface area (Å²) in [7, 11) is 1.78. The number of phenolic OH excluding ortho intramolecular Hbond substituents is 1. The molecule has 1 aromatic heterocycles. The largest absolute Gasteiger partial charge is 0.507 e. The molecule has 3 aromatic rings. The second-order valence-corrected chi connectivity index (χ2v) is 4.67. The van der Waals surface area contributed by atoms with Crippen molar-refractivity contribution in [3.8, 4) is 17.1 Å². The van der Waals surface area contributed by atoms with Gasteiger partial charge in [0.25, 0.3) is 0 Å². The number of benzene rings is 2. The molecule has 0 aliphatic heterocycles. The van der Waals surface area contributed by atoms with Crippen LogP contribution in [0.1, 0.15) is 0 Å². The quantitative estimate of drug-likeness (QED) is 0.735. The summed E-state index contributed by atoms with van der Waals surface area (Å²) in [6, 6.07) is 9.15. The summed E-state index contributed by atoms with van der Waals surface area (Å²) < 4.78 is 15.1. The van der Waals surface area contributed by atoms with Crippen molar-refractivity contribution in [1.82, 2.24) is 9.55 Å². The zero-order valence-electron chi connectivity index (χ0n) is 10.1. The molecule has 0 unspecified atom stereocenters. The van der Waals surface area contributed by atoms with Crippen molar-refractivity contribution >= 4 is 22.6 Å². The van der Waals surface area contributed by atoms with Crippen LogP contribution in [0.15, 0.2) is 36.4 Å². The monoisotopic (exact) mass is 276 g/mol. The molecule has 0 atom stereocenters. The summed E-state index contributed by atoms with van der Waals surface area (Å²) in [5, 5.41) is 10.4. The molecule has 1 heterocycles. The van der Waals surface area contributed by atoms with Gasteiger partial charge in [0.05, 0.1) is 21.6 Å². The van der Waals surface area contributed by atoms with Gasteiger partial charge in [-0.25, -0.2) is 9.37 Å². The second kappa shape index (κ2) is 4.24. The Morgan fingerprint density at radius 3 is 2.79 bits per heavy atom. The smallest absolute Gasteiger partial charge is 0.144 e. The van der Waals surface area contributed by atoms with E-state index in [4.69, 9.17) is 11.6 Å². The van der Waals surface area contributed by atoms with E-state index in [0.717, 1.165) is 5.52 Å². The highest BCUT2D eigenvalue weighted by atomic mass is 35.5. The van der Waals surface area contributed by atoms with Gasteiger partial charge in [0.1, 0.15) is 17.4 Å². The third-order valence-electron chi connectivity index (χ3n) is 3.04. The number of hydrogen-bond donors (Lipinski definition) is 1. The summed E-state index contributed by atoms with van der Waals surface area (Å²) >= 11 is 6.14. The Hall–Kier alpha value is -2.07. The molecule has 5 heteroatoms. The van der Waals surface area contributed by atoms with E-state index in [1.54, 1.807) is 23.7 Å². The number of aromatic nitrogens is 2. The maximum Gasteiger partial charge on any atom is 0.144 e. The summed E-state index contributed by atoms with van der Waals surface area (Å²) in [5.41, 5.74) is 1.80. The highest BCUT2D eigenvalue weighted by molar-refractivity contribution is 6.35. The average molecular weight is 277 g/mol. The highest BCUT2D eigenvalue weighted by Crippen LogP contribution is 2.33. The van der Waals surface area contributed by atoms with Gasteiger partial charge in [0.15, 0.2) is 0 Å². The standard InChI is InChI=1S/C14H10ClFN2O/c1-18-13-10(15)3-2-4-11(13)17-14(18)9-7-8(16)5-6-12(9)19/h2-7,19H,1H3. The molecule has 19 heavy (non-hydrogen) atoms. The third kappa shape index (κ3) is 1.85. The first-order valence-corrected chi connectivity index (χ1v) is 6.05. The summed E-state index contributed by atoms with van der Waals surface area (Å²) in [6.07, 6.45) is 0. The predicted octanol–water partition coefficient (Wildman–Crippen LogP) is 3.74. The van der Waals surface area contributed by atoms with E-state index >= 15 is 0 Å². The molecule has 0 radical (unpaired) electrons. The molecule has 0 fully saturated rings. The number of rotatable bonds is 1. The Balaban J connectivity index is 2.34. The van der Waals surface area contributed by atoms with Gasteiger partial charge in [-0.1, -0.05) is 17.7 Å². The van der Waals surface area contributed by atoms with Crippen LogP contribution in [0.3, 0.4) is 0 Å². The van der Waals surface area contributed by atoms with E-state index in [2.05, 4.69) is 4.98 Å². The van der Waals surface area contributed by atoms with Gasteiger partial charge in [-0.05, 0) is 30.3 Å². The lowest BCUT2D eigenvalue weighted by atomic mass is 10.2. The number of phenols is 1. The van der Waals surface area contributed by atoms with Gasteiger partial charge >= 0.3 is 0 Å². The van der Waals surface area contributed by atoms with Gasteiger partial charge in [-0.3, -0.25) is 0 Å². The summed E-state index contributed by atoms with van der Waals surface area (Å²) in [5.74, 6) is 0.0296. The van der Waals surface area contributed by atoms with Crippen molar-refractivity contribution in [2.45, 2.75) is 0 Å². The number of halogens is 2. The normalized spacial score (nSPS) is 11.1. The number of nitrogens with zero attached hydrogens (tertiary/aromatic N) is 2. The van der Waals surface area contributed by atoms with Crippen LogP contribution >= 0.6 is 11.6 Å². The van der Waals surface area contributed by atoms with Crippen LogP contribution in [0, 0.1) is 5.82 Å². The summed E-state index contributed by atoms with van der Waals surface area (Å²) in [6.45, 7) is 0. The van der Waals surface area contributed by atoms with E-state index in [9.17, 15) is 9.50 Å². The predicted molar refractivity (Wildman–Crippen MR) is 72.8 cm³/mol. The molecular weight excluding hydrogens is 267 g/mol. The molecule has 1 N–H and O–H groups in total. The zero-order valence-corrected chi connectivity index (χ0v) is 10.8. The number of aromatic hydroxyl groups is 1. The molecule has 0 saturated heterocycles. The summed E-state index contributed by atoms with van der Waals surface area (Å²) in [4.78, 5) is 4.40. The van der Waals surface area contributed by atoms with Crippen molar-refractivity contribution < 1.29 is 9.50 Å². The molecule has 0 aliphatic rings. The van der Waals surface area contributed by atoms with Gasteiger partial charge in [-0.2, -0.15) is 0 Å². The fourth-order valence-corrected chi connectivity index (χ4v) is 2.45. The van der Waals surface area contributed by atoms with Gasteiger partial charge in [0.2, 0.25) is 0 Å². The Morgan fingerprint density at radius 1 is 1.26 bits per heavy atom. The lowest BCUT2D eigenvalue weighted by molar-refractivity contribution is 0.474. The number of hydrogen-bond acceptors (Lipinski definition) is 2. The minimum Gasteiger partial charge on any atom is -0.507 e. The van der Waals surface area contributed by atoms with Crippen LogP contribution in [-0.4, -0.2) is 14.7 Å². The second-order valence-electron chi connectivity index (χ2n) is 4.26. The lowest BCUT2D eigenvalue weighted by Gasteiger charge is -2.05. The number of para-hydroxylation sites is 1. The Morgan fingerprint density at radius 2 is 2.05 bits per heavy atom. The lowest BCUT2D eigenvalue weighted by Crippen LogP contribution is -1.94. The number of imidazole rings is 1. The van der Waals surface area contributed by atoms with E-state index < -0.39 is 5.82 Å². The van der Waals surface area contributed by atoms with Crippen molar-refractivity contribution in [2.75, 3.05) is 0 Å². The molecule has 0 bridgehead atoms. The Kier molecular flexibility index (Phi) is 2.68. The average Bonchev–Trinajstić information content (AvgIpc) is 2.71. The van der Waals surface area contributed by atoms with Crippen LogP contribution in [0.25, 0.3) is 22.4 Å². The first kappa shape index (κ1) is 12.0. The molecule has 3 rings (SSSR count). The fourth-order valence-electron chi connectivity index (χ4n) is 2.15. The number of aryl methyl sites for hydroxylation is 1. The minimum atomic E-state index is -0.425. The molecule has 3 nitrogen and oxygen atoms in total. The van der Waals surface area contributed by atoms with E-state index in [1.165, 1.54) is 18.2 Å². The van der Waals surface area contributed by atoms with E-state index in [0.29, 0.717) is 21.9 Å². The van der Waals surface area contributed by atoms with E-state index in [1.807, 2.05) is 6.07 Å². The van der Waals surface area contributed by atoms with Gasteiger partial charge in [0, 0.05) is 7.05 Å². The first-order valence-electron chi connectivity index (χ1n) is 5.68. The van der Waals surface area contributed by atoms with Crippen LogP contribution in [0.4, 0.5) is 4.39 Å². The molecule has 0 amide bonds. The fraction of sp³-hybridized carbons (Fsp3) is 0.0714. The molecular formula is C14H10ClFN2O. The van der Waals surface area contributed by atoms with E-state index in [-0.39, 0.29) is 5.75 Å².